The summed E-state index contributed by atoms with van der Waals surface area (Å²) < 4.78 is 0. The normalized spacial score (nSPS) is 27.4. The molecule has 0 aliphatic carbocycles. The van der Waals surface area contributed by atoms with Crippen LogP contribution in [0.2, 0.25) is 0 Å². The predicted octanol–water partition coefficient (Wildman–Crippen LogP) is 1.54. The van der Waals surface area contributed by atoms with Crippen molar-refractivity contribution in [1.29, 1.82) is 5.26 Å². The van der Waals surface area contributed by atoms with Crippen LogP contribution in [0, 0.1) is 17.2 Å². The van der Waals surface area contributed by atoms with E-state index in [-0.39, 0.29) is 5.54 Å². The molecule has 1 saturated heterocycles. The van der Waals surface area contributed by atoms with E-state index in [1.54, 1.807) is 0 Å². The van der Waals surface area contributed by atoms with Crippen LogP contribution in [-0.2, 0) is 0 Å². The third-order valence-corrected chi connectivity index (χ3v) is 4.51. The zero-order valence-corrected chi connectivity index (χ0v) is 13.2. The molecule has 4 nitrogen and oxygen atoms in total. The standard InChI is InChI=1S/C15H30N4/c1-13-10-19(11-14(13)18(4)5)9-7-6-8-15(2,12-16)17-3/h13-14,17H,6-11H2,1-5H3. The minimum absolute atomic E-state index is 0.357. The summed E-state index contributed by atoms with van der Waals surface area (Å²) in [6, 6.07) is 3.05. The Hall–Kier alpha value is -0.630. The molecular weight excluding hydrogens is 236 g/mol. The van der Waals surface area contributed by atoms with Crippen LogP contribution in [0.3, 0.4) is 0 Å². The Morgan fingerprint density at radius 2 is 2.05 bits per heavy atom. The van der Waals surface area contributed by atoms with Crippen molar-refractivity contribution in [3.63, 3.8) is 0 Å². The Bertz CT molecular complexity index is 310. The van der Waals surface area contributed by atoms with Crippen LogP contribution in [-0.4, -0.2) is 62.2 Å². The van der Waals surface area contributed by atoms with Crippen molar-refractivity contribution in [2.75, 3.05) is 40.8 Å². The molecule has 4 heteroatoms. The summed E-state index contributed by atoms with van der Waals surface area (Å²) in [4.78, 5) is 4.91. The molecule has 19 heavy (non-hydrogen) atoms. The van der Waals surface area contributed by atoms with E-state index in [1.165, 1.54) is 26.1 Å². The van der Waals surface area contributed by atoms with Gasteiger partial charge in [-0.05, 0) is 59.8 Å². The highest BCUT2D eigenvalue weighted by Crippen LogP contribution is 2.21. The van der Waals surface area contributed by atoms with E-state index in [9.17, 15) is 0 Å². The van der Waals surface area contributed by atoms with Gasteiger partial charge in [0, 0.05) is 19.1 Å². The zero-order valence-electron chi connectivity index (χ0n) is 13.2. The maximum Gasteiger partial charge on any atom is 0.103 e. The summed E-state index contributed by atoms with van der Waals surface area (Å²) >= 11 is 0. The van der Waals surface area contributed by atoms with Crippen molar-refractivity contribution < 1.29 is 0 Å². The van der Waals surface area contributed by atoms with E-state index < -0.39 is 0 Å². The van der Waals surface area contributed by atoms with Gasteiger partial charge in [-0.25, -0.2) is 0 Å². The van der Waals surface area contributed by atoms with Gasteiger partial charge < -0.3 is 15.1 Å². The Balaban J connectivity index is 2.23. The number of likely N-dealkylation sites (tertiary alicyclic amines) is 1. The molecular formula is C15H30N4. The molecule has 0 aromatic heterocycles. The van der Waals surface area contributed by atoms with Crippen LogP contribution in [0.5, 0.6) is 0 Å². The lowest BCUT2D eigenvalue weighted by molar-refractivity contribution is 0.250. The minimum atomic E-state index is -0.357. The van der Waals surface area contributed by atoms with Crippen molar-refractivity contribution >= 4 is 0 Å². The summed E-state index contributed by atoms with van der Waals surface area (Å²) in [6.07, 6.45) is 3.23. The van der Waals surface area contributed by atoms with E-state index in [4.69, 9.17) is 5.26 Å². The number of unbranched alkanes of at least 4 members (excludes halogenated alkanes) is 1. The molecule has 0 radical (unpaired) electrons. The molecule has 1 aliphatic rings. The average Bonchev–Trinajstić information content (AvgIpc) is 2.76. The van der Waals surface area contributed by atoms with Crippen molar-refractivity contribution in [2.24, 2.45) is 5.92 Å². The number of hydrogen-bond donors (Lipinski definition) is 1. The van der Waals surface area contributed by atoms with Crippen LogP contribution in [0.4, 0.5) is 0 Å². The first-order valence-electron chi connectivity index (χ1n) is 7.41. The van der Waals surface area contributed by atoms with Gasteiger partial charge in [0.2, 0.25) is 0 Å². The lowest BCUT2D eigenvalue weighted by Gasteiger charge is -2.23. The fraction of sp³-hybridized carbons (Fsp3) is 0.933. The number of nitriles is 1. The van der Waals surface area contributed by atoms with Crippen molar-refractivity contribution in [1.82, 2.24) is 15.1 Å². The second-order valence-electron chi connectivity index (χ2n) is 6.42. The van der Waals surface area contributed by atoms with Crippen LogP contribution < -0.4 is 5.32 Å². The first kappa shape index (κ1) is 16.4. The molecule has 1 fully saturated rings. The maximum atomic E-state index is 9.10. The quantitative estimate of drug-likeness (QED) is 0.710. The summed E-state index contributed by atoms with van der Waals surface area (Å²) in [5.41, 5.74) is -0.357. The summed E-state index contributed by atoms with van der Waals surface area (Å²) in [7, 11) is 6.22. The molecule has 3 atom stereocenters. The second kappa shape index (κ2) is 7.23. The van der Waals surface area contributed by atoms with Crippen LogP contribution in [0.25, 0.3) is 0 Å². The molecule has 0 saturated carbocycles. The second-order valence-corrected chi connectivity index (χ2v) is 6.42. The van der Waals surface area contributed by atoms with Gasteiger partial charge in [0.05, 0.1) is 6.07 Å². The van der Waals surface area contributed by atoms with Crippen molar-refractivity contribution in [2.45, 2.75) is 44.7 Å². The van der Waals surface area contributed by atoms with Crippen LogP contribution in [0.1, 0.15) is 33.1 Å². The predicted molar refractivity (Wildman–Crippen MR) is 80.0 cm³/mol. The van der Waals surface area contributed by atoms with Gasteiger partial charge in [-0.2, -0.15) is 5.26 Å². The summed E-state index contributed by atoms with van der Waals surface area (Å²) in [6.45, 7) is 7.89. The number of rotatable bonds is 7. The van der Waals surface area contributed by atoms with E-state index in [2.05, 4.69) is 42.2 Å². The lowest BCUT2D eigenvalue weighted by atomic mass is 9.97. The topological polar surface area (TPSA) is 42.3 Å². The highest BCUT2D eigenvalue weighted by atomic mass is 15.2. The maximum absolute atomic E-state index is 9.10. The highest BCUT2D eigenvalue weighted by Gasteiger charge is 2.30. The monoisotopic (exact) mass is 266 g/mol. The molecule has 3 unspecified atom stereocenters. The van der Waals surface area contributed by atoms with Gasteiger partial charge in [-0.15, -0.1) is 0 Å². The van der Waals surface area contributed by atoms with Gasteiger partial charge >= 0.3 is 0 Å². The summed E-state index contributed by atoms with van der Waals surface area (Å²) in [5.74, 6) is 0.761. The first-order chi connectivity index (χ1) is 8.91. The highest BCUT2D eigenvalue weighted by molar-refractivity contribution is 5.02. The fourth-order valence-electron chi connectivity index (χ4n) is 2.95. The Morgan fingerprint density at radius 1 is 1.37 bits per heavy atom. The molecule has 0 bridgehead atoms. The molecule has 110 valence electrons. The van der Waals surface area contributed by atoms with Gasteiger partial charge in [-0.3, -0.25) is 0 Å². The lowest BCUT2D eigenvalue weighted by Crippen LogP contribution is -2.38. The van der Waals surface area contributed by atoms with Crippen LogP contribution in [0.15, 0.2) is 0 Å². The minimum Gasteiger partial charge on any atom is -0.305 e. The van der Waals surface area contributed by atoms with Crippen molar-refractivity contribution in [3.05, 3.63) is 0 Å². The Labute approximate surface area is 118 Å². The van der Waals surface area contributed by atoms with E-state index in [0.717, 1.165) is 18.8 Å². The molecule has 1 heterocycles. The average molecular weight is 266 g/mol. The molecule has 0 amide bonds. The zero-order chi connectivity index (χ0) is 14.5. The molecule has 1 rings (SSSR count). The Kier molecular flexibility index (Phi) is 6.25. The molecule has 0 aromatic carbocycles. The number of nitrogens with zero attached hydrogens (tertiary/aromatic N) is 3. The Morgan fingerprint density at radius 3 is 2.53 bits per heavy atom. The van der Waals surface area contributed by atoms with Gasteiger partial charge in [0.15, 0.2) is 0 Å². The van der Waals surface area contributed by atoms with Gasteiger partial charge in [0.25, 0.3) is 0 Å². The smallest absolute Gasteiger partial charge is 0.103 e. The first-order valence-corrected chi connectivity index (χ1v) is 7.41. The number of likely N-dealkylation sites (N-methyl/N-ethyl adjacent to an activating group) is 1. The van der Waals surface area contributed by atoms with Crippen molar-refractivity contribution in [3.8, 4) is 6.07 Å². The number of hydrogen-bond acceptors (Lipinski definition) is 4. The molecule has 1 N–H and O–H groups in total. The summed E-state index contributed by atoms with van der Waals surface area (Å²) in [5, 5.41) is 12.2. The number of nitrogens with one attached hydrogen (secondary N) is 1. The van der Waals surface area contributed by atoms with E-state index in [1.807, 2.05) is 14.0 Å². The molecule has 0 spiro atoms. The third-order valence-electron chi connectivity index (χ3n) is 4.51. The fourth-order valence-corrected chi connectivity index (χ4v) is 2.95. The molecule has 0 aromatic rings. The van der Waals surface area contributed by atoms with Crippen LogP contribution >= 0.6 is 0 Å². The van der Waals surface area contributed by atoms with Gasteiger partial charge in [-0.1, -0.05) is 6.92 Å². The van der Waals surface area contributed by atoms with E-state index in [0.29, 0.717) is 6.04 Å². The SMILES string of the molecule is CNC(C)(C#N)CCCCN1CC(C)C(N(C)C)C1. The third kappa shape index (κ3) is 4.76. The van der Waals surface area contributed by atoms with Gasteiger partial charge in [0.1, 0.15) is 5.54 Å². The van der Waals surface area contributed by atoms with E-state index >= 15 is 0 Å². The largest absolute Gasteiger partial charge is 0.305 e. The molecule has 1 aliphatic heterocycles.